The van der Waals surface area contributed by atoms with Gasteiger partial charge in [0.2, 0.25) is 0 Å². The van der Waals surface area contributed by atoms with Crippen molar-refractivity contribution in [2.45, 2.75) is 66.2 Å². The average Bonchev–Trinajstić information content (AvgIpc) is 2.17. The van der Waals surface area contributed by atoms with Gasteiger partial charge in [-0.3, -0.25) is 0 Å². The van der Waals surface area contributed by atoms with Crippen molar-refractivity contribution in [1.29, 1.82) is 0 Å². The summed E-state index contributed by atoms with van der Waals surface area (Å²) in [6.07, 6.45) is 8.71. The Labute approximate surface area is 90.5 Å². The summed E-state index contributed by atoms with van der Waals surface area (Å²) in [5, 5.41) is 0. The Kier molecular flexibility index (Phi) is 4.98. The van der Waals surface area contributed by atoms with Gasteiger partial charge in [0, 0.05) is 0 Å². The Hall–Kier alpha value is 0. The molecule has 0 heterocycles. The van der Waals surface area contributed by atoms with Crippen LogP contribution in [-0.4, -0.2) is 0 Å². The highest BCUT2D eigenvalue weighted by Gasteiger charge is 2.34. The fraction of sp³-hybridized carbons (Fsp3) is 1.00. The zero-order valence-corrected chi connectivity index (χ0v) is 10.6. The SMILES string of the molecule is CCCCCC(C)CC1CC(C)C1C. The predicted molar refractivity (Wildman–Crippen MR) is 64.4 cm³/mol. The van der Waals surface area contributed by atoms with Gasteiger partial charge < -0.3 is 0 Å². The first-order valence-corrected chi connectivity index (χ1v) is 6.65. The van der Waals surface area contributed by atoms with Gasteiger partial charge in [-0.05, 0) is 36.5 Å². The van der Waals surface area contributed by atoms with E-state index in [1.165, 1.54) is 38.5 Å². The third kappa shape index (κ3) is 3.29. The molecule has 0 amide bonds. The van der Waals surface area contributed by atoms with Crippen molar-refractivity contribution in [3.8, 4) is 0 Å². The predicted octanol–water partition coefficient (Wildman–Crippen LogP) is 4.89. The highest BCUT2D eigenvalue weighted by Crippen LogP contribution is 2.43. The minimum absolute atomic E-state index is 0.974. The second kappa shape index (κ2) is 5.78. The topological polar surface area (TPSA) is 0 Å². The summed E-state index contributed by atoms with van der Waals surface area (Å²) in [6.45, 7) is 9.59. The Morgan fingerprint density at radius 1 is 1.21 bits per heavy atom. The first-order valence-electron chi connectivity index (χ1n) is 6.65. The fourth-order valence-corrected chi connectivity index (χ4v) is 2.86. The molecule has 1 saturated carbocycles. The van der Waals surface area contributed by atoms with Crippen molar-refractivity contribution in [1.82, 2.24) is 0 Å². The second-order valence-electron chi connectivity index (χ2n) is 5.67. The molecule has 0 N–H and O–H groups in total. The van der Waals surface area contributed by atoms with Crippen LogP contribution in [0.1, 0.15) is 66.2 Å². The summed E-state index contributed by atoms with van der Waals surface area (Å²) in [5.41, 5.74) is 0. The molecule has 1 aliphatic carbocycles. The van der Waals surface area contributed by atoms with Crippen LogP contribution in [0, 0.1) is 23.7 Å². The molecule has 0 bridgehead atoms. The lowest BCUT2D eigenvalue weighted by Crippen LogP contribution is -2.33. The van der Waals surface area contributed by atoms with Crippen LogP contribution in [0.15, 0.2) is 0 Å². The van der Waals surface area contributed by atoms with E-state index < -0.39 is 0 Å². The van der Waals surface area contributed by atoms with Crippen LogP contribution >= 0.6 is 0 Å². The lowest BCUT2D eigenvalue weighted by atomic mass is 9.63. The first kappa shape index (κ1) is 12.1. The van der Waals surface area contributed by atoms with Crippen molar-refractivity contribution >= 4 is 0 Å². The van der Waals surface area contributed by atoms with Crippen molar-refractivity contribution < 1.29 is 0 Å². The summed E-state index contributed by atoms with van der Waals surface area (Å²) in [5.74, 6) is 4.04. The molecule has 0 heteroatoms. The van der Waals surface area contributed by atoms with E-state index in [4.69, 9.17) is 0 Å². The van der Waals surface area contributed by atoms with Gasteiger partial charge in [-0.2, -0.15) is 0 Å². The molecule has 0 radical (unpaired) electrons. The Bertz CT molecular complexity index is 150. The molecular weight excluding hydrogens is 168 g/mol. The molecule has 0 nitrogen and oxygen atoms in total. The molecule has 84 valence electrons. The minimum atomic E-state index is 0.974. The third-order valence-electron chi connectivity index (χ3n) is 4.32. The summed E-state index contributed by atoms with van der Waals surface area (Å²) in [4.78, 5) is 0. The van der Waals surface area contributed by atoms with E-state index in [0.29, 0.717) is 0 Å². The third-order valence-corrected chi connectivity index (χ3v) is 4.32. The maximum Gasteiger partial charge on any atom is -0.0381 e. The van der Waals surface area contributed by atoms with Crippen LogP contribution in [0.25, 0.3) is 0 Å². The number of hydrogen-bond acceptors (Lipinski definition) is 0. The van der Waals surface area contributed by atoms with Crippen molar-refractivity contribution in [3.63, 3.8) is 0 Å². The van der Waals surface area contributed by atoms with E-state index in [1.54, 1.807) is 0 Å². The normalized spacial score (nSPS) is 33.9. The van der Waals surface area contributed by atoms with Crippen molar-refractivity contribution in [3.05, 3.63) is 0 Å². The van der Waals surface area contributed by atoms with Crippen LogP contribution < -0.4 is 0 Å². The standard InChI is InChI=1S/C14H28/c1-5-6-7-8-11(2)9-14-10-12(3)13(14)4/h11-14H,5-10H2,1-4H3. The molecule has 0 aromatic carbocycles. The smallest absolute Gasteiger partial charge is 0.0381 e. The largest absolute Gasteiger partial charge is 0.0654 e. The van der Waals surface area contributed by atoms with E-state index in [9.17, 15) is 0 Å². The first-order chi connectivity index (χ1) is 6.65. The van der Waals surface area contributed by atoms with E-state index in [1.807, 2.05) is 0 Å². The van der Waals surface area contributed by atoms with Crippen molar-refractivity contribution in [2.24, 2.45) is 23.7 Å². The fourth-order valence-electron chi connectivity index (χ4n) is 2.86. The zero-order valence-electron chi connectivity index (χ0n) is 10.6. The lowest BCUT2D eigenvalue weighted by Gasteiger charge is -2.42. The quantitative estimate of drug-likeness (QED) is 0.531. The van der Waals surface area contributed by atoms with Crippen molar-refractivity contribution in [2.75, 3.05) is 0 Å². The molecule has 1 fully saturated rings. The number of hydrogen-bond donors (Lipinski definition) is 0. The van der Waals surface area contributed by atoms with E-state index in [0.717, 1.165) is 23.7 Å². The zero-order chi connectivity index (χ0) is 10.6. The summed E-state index contributed by atoms with van der Waals surface area (Å²) >= 11 is 0. The Balaban J connectivity index is 2.06. The molecular formula is C14H28. The van der Waals surface area contributed by atoms with Gasteiger partial charge in [0.25, 0.3) is 0 Å². The molecule has 0 spiro atoms. The summed E-state index contributed by atoms with van der Waals surface area (Å²) < 4.78 is 0. The van der Waals surface area contributed by atoms with Gasteiger partial charge in [-0.15, -0.1) is 0 Å². The van der Waals surface area contributed by atoms with Gasteiger partial charge in [-0.1, -0.05) is 53.4 Å². The van der Waals surface area contributed by atoms with Crippen LogP contribution in [0.2, 0.25) is 0 Å². The maximum atomic E-state index is 2.45. The molecule has 0 aromatic heterocycles. The van der Waals surface area contributed by atoms with Gasteiger partial charge >= 0.3 is 0 Å². The average molecular weight is 196 g/mol. The Morgan fingerprint density at radius 2 is 1.93 bits per heavy atom. The lowest BCUT2D eigenvalue weighted by molar-refractivity contribution is 0.0793. The van der Waals surface area contributed by atoms with Gasteiger partial charge in [0.1, 0.15) is 0 Å². The van der Waals surface area contributed by atoms with Gasteiger partial charge in [0.15, 0.2) is 0 Å². The molecule has 0 saturated heterocycles. The van der Waals surface area contributed by atoms with Crippen LogP contribution in [-0.2, 0) is 0 Å². The number of unbranched alkanes of at least 4 members (excludes halogenated alkanes) is 2. The molecule has 1 aliphatic rings. The molecule has 1 rings (SSSR count). The minimum Gasteiger partial charge on any atom is -0.0654 e. The van der Waals surface area contributed by atoms with Crippen LogP contribution in [0.5, 0.6) is 0 Å². The highest BCUT2D eigenvalue weighted by molar-refractivity contribution is 4.84. The Morgan fingerprint density at radius 3 is 2.43 bits per heavy atom. The molecule has 4 atom stereocenters. The maximum absolute atomic E-state index is 2.45. The van der Waals surface area contributed by atoms with E-state index in [-0.39, 0.29) is 0 Å². The molecule has 0 aromatic rings. The van der Waals surface area contributed by atoms with Gasteiger partial charge in [0.05, 0.1) is 0 Å². The molecule has 4 unspecified atom stereocenters. The number of rotatable bonds is 6. The van der Waals surface area contributed by atoms with E-state index in [2.05, 4.69) is 27.7 Å². The van der Waals surface area contributed by atoms with Crippen LogP contribution in [0.4, 0.5) is 0 Å². The van der Waals surface area contributed by atoms with E-state index >= 15 is 0 Å². The molecule has 14 heavy (non-hydrogen) atoms. The summed E-state index contributed by atoms with van der Waals surface area (Å²) in [7, 11) is 0. The monoisotopic (exact) mass is 196 g/mol. The highest BCUT2D eigenvalue weighted by atomic mass is 14.4. The van der Waals surface area contributed by atoms with Gasteiger partial charge in [-0.25, -0.2) is 0 Å². The second-order valence-corrected chi connectivity index (χ2v) is 5.67. The van der Waals surface area contributed by atoms with Crippen LogP contribution in [0.3, 0.4) is 0 Å². The summed E-state index contributed by atoms with van der Waals surface area (Å²) in [6, 6.07) is 0. The molecule has 0 aliphatic heterocycles.